The topological polar surface area (TPSA) is 49.8 Å². The van der Waals surface area contributed by atoms with E-state index in [1.165, 1.54) is 0 Å². The van der Waals surface area contributed by atoms with Gasteiger partial charge in [0.05, 0.1) is 0 Å². The SMILES string of the molecule is CNc1nc(C)nc(Nc2ccc(Br)cc2C)c1C. The van der Waals surface area contributed by atoms with Gasteiger partial charge in [-0.05, 0) is 44.5 Å². The van der Waals surface area contributed by atoms with Gasteiger partial charge < -0.3 is 10.6 Å². The molecule has 0 aliphatic heterocycles. The van der Waals surface area contributed by atoms with E-state index in [4.69, 9.17) is 0 Å². The van der Waals surface area contributed by atoms with Gasteiger partial charge in [0, 0.05) is 22.8 Å². The summed E-state index contributed by atoms with van der Waals surface area (Å²) in [4.78, 5) is 8.83. The molecule has 0 saturated heterocycles. The number of benzene rings is 1. The lowest BCUT2D eigenvalue weighted by molar-refractivity contribution is 1.03. The lowest BCUT2D eigenvalue weighted by Crippen LogP contribution is -2.05. The van der Waals surface area contributed by atoms with E-state index in [0.29, 0.717) is 0 Å². The highest BCUT2D eigenvalue weighted by Crippen LogP contribution is 2.26. The number of rotatable bonds is 3. The van der Waals surface area contributed by atoms with Crippen molar-refractivity contribution >= 4 is 33.3 Å². The Hall–Kier alpha value is -1.62. The second-order valence-corrected chi connectivity index (χ2v) is 5.34. The highest BCUT2D eigenvalue weighted by Gasteiger charge is 2.09. The maximum absolute atomic E-state index is 4.47. The van der Waals surface area contributed by atoms with Gasteiger partial charge >= 0.3 is 0 Å². The lowest BCUT2D eigenvalue weighted by Gasteiger charge is -2.14. The van der Waals surface area contributed by atoms with Crippen LogP contribution in [0.2, 0.25) is 0 Å². The van der Waals surface area contributed by atoms with Crippen molar-refractivity contribution in [2.75, 3.05) is 17.7 Å². The number of anilines is 3. The molecule has 2 rings (SSSR count). The molecule has 0 atom stereocenters. The molecular formula is C14H17BrN4. The number of hydrogen-bond acceptors (Lipinski definition) is 4. The molecule has 0 saturated carbocycles. The van der Waals surface area contributed by atoms with Crippen LogP contribution >= 0.6 is 15.9 Å². The molecule has 0 aliphatic rings. The molecule has 1 heterocycles. The van der Waals surface area contributed by atoms with Gasteiger partial charge in [-0.15, -0.1) is 0 Å². The van der Waals surface area contributed by atoms with Crippen LogP contribution in [-0.2, 0) is 0 Å². The Morgan fingerprint density at radius 2 is 1.74 bits per heavy atom. The molecule has 2 N–H and O–H groups in total. The molecule has 5 heteroatoms. The fourth-order valence-corrected chi connectivity index (χ4v) is 2.36. The normalized spacial score (nSPS) is 10.4. The highest BCUT2D eigenvalue weighted by molar-refractivity contribution is 9.10. The monoisotopic (exact) mass is 320 g/mol. The summed E-state index contributed by atoms with van der Waals surface area (Å²) in [5.41, 5.74) is 3.22. The first-order chi connectivity index (χ1) is 9.01. The first kappa shape index (κ1) is 13.8. The van der Waals surface area contributed by atoms with Gasteiger partial charge in [0.2, 0.25) is 0 Å². The Labute approximate surface area is 121 Å². The molecule has 19 heavy (non-hydrogen) atoms. The highest BCUT2D eigenvalue weighted by atomic mass is 79.9. The fraction of sp³-hybridized carbons (Fsp3) is 0.286. The van der Waals surface area contributed by atoms with Crippen molar-refractivity contribution in [3.63, 3.8) is 0 Å². The van der Waals surface area contributed by atoms with Crippen molar-refractivity contribution in [2.24, 2.45) is 0 Å². The Bertz CT molecular complexity index is 611. The van der Waals surface area contributed by atoms with Crippen LogP contribution in [0.1, 0.15) is 17.0 Å². The zero-order valence-electron chi connectivity index (χ0n) is 11.5. The molecule has 4 nitrogen and oxygen atoms in total. The minimum Gasteiger partial charge on any atom is -0.373 e. The minimum absolute atomic E-state index is 0.743. The van der Waals surface area contributed by atoms with Crippen molar-refractivity contribution < 1.29 is 0 Å². The Kier molecular flexibility index (Phi) is 4.04. The van der Waals surface area contributed by atoms with Crippen LogP contribution < -0.4 is 10.6 Å². The van der Waals surface area contributed by atoms with Crippen LogP contribution in [0.3, 0.4) is 0 Å². The van der Waals surface area contributed by atoms with Gasteiger partial charge in [0.1, 0.15) is 17.5 Å². The summed E-state index contributed by atoms with van der Waals surface area (Å²) < 4.78 is 1.07. The molecule has 0 spiro atoms. The summed E-state index contributed by atoms with van der Waals surface area (Å²) >= 11 is 3.47. The summed E-state index contributed by atoms with van der Waals surface area (Å²) in [5, 5.41) is 6.46. The molecule has 1 aromatic carbocycles. The van der Waals surface area contributed by atoms with Crippen LogP contribution in [0.15, 0.2) is 22.7 Å². The zero-order chi connectivity index (χ0) is 14.0. The van der Waals surface area contributed by atoms with E-state index in [-0.39, 0.29) is 0 Å². The van der Waals surface area contributed by atoms with Gasteiger partial charge in [-0.1, -0.05) is 15.9 Å². The van der Waals surface area contributed by atoms with Gasteiger partial charge in [-0.2, -0.15) is 0 Å². The van der Waals surface area contributed by atoms with Crippen LogP contribution in [-0.4, -0.2) is 17.0 Å². The second-order valence-electron chi connectivity index (χ2n) is 4.43. The molecule has 0 radical (unpaired) electrons. The van der Waals surface area contributed by atoms with Crippen LogP contribution in [0, 0.1) is 20.8 Å². The third-order valence-electron chi connectivity index (χ3n) is 2.94. The predicted octanol–water partition coefficient (Wildman–Crippen LogP) is 3.95. The summed E-state index contributed by atoms with van der Waals surface area (Å²) in [7, 11) is 1.86. The van der Waals surface area contributed by atoms with E-state index in [1.54, 1.807) is 0 Å². The summed E-state index contributed by atoms with van der Waals surface area (Å²) in [6.07, 6.45) is 0. The van der Waals surface area contributed by atoms with E-state index >= 15 is 0 Å². The fourth-order valence-electron chi connectivity index (χ4n) is 1.89. The average molecular weight is 321 g/mol. The molecule has 2 aromatic rings. The quantitative estimate of drug-likeness (QED) is 0.899. The number of aromatic nitrogens is 2. The Morgan fingerprint density at radius 3 is 2.37 bits per heavy atom. The lowest BCUT2D eigenvalue weighted by atomic mass is 10.2. The number of aryl methyl sites for hydroxylation is 2. The van der Waals surface area contributed by atoms with E-state index in [0.717, 1.165) is 38.7 Å². The molecule has 0 unspecified atom stereocenters. The van der Waals surface area contributed by atoms with Gasteiger partial charge in [0.15, 0.2) is 0 Å². The van der Waals surface area contributed by atoms with E-state index in [2.05, 4.69) is 49.5 Å². The van der Waals surface area contributed by atoms with Gasteiger partial charge in [-0.25, -0.2) is 9.97 Å². The molecule has 0 amide bonds. The largest absolute Gasteiger partial charge is 0.373 e. The smallest absolute Gasteiger partial charge is 0.139 e. The maximum Gasteiger partial charge on any atom is 0.139 e. The second kappa shape index (κ2) is 5.57. The standard InChI is InChI=1S/C14H17BrN4/c1-8-7-11(15)5-6-12(8)19-14-9(2)13(16-4)17-10(3)18-14/h5-7H,1-4H3,(H2,16,17,18,19). The van der Waals surface area contributed by atoms with E-state index in [9.17, 15) is 0 Å². The zero-order valence-corrected chi connectivity index (χ0v) is 13.1. The van der Waals surface area contributed by atoms with Crippen LogP contribution in [0.4, 0.5) is 17.3 Å². The Balaban J connectivity index is 2.40. The average Bonchev–Trinajstić information content (AvgIpc) is 2.36. The van der Waals surface area contributed by atoms with Crippen LogP contribution in [0.5, 0.6) is 0 Å². The first-order valence-corrected chi connectivity index (χ1v) is 6.86. The van der Waals surface area contributed by atoms with Gasteiger partial charge in [-0.3, -0.25) is 0 Å². The number of nitrogens with zero attached hydrogens (tertiary/aromatic N) is 2. The number of nitrogens with one attached hydrogen (secondary N) is 2. The molecule has 100 valence electrons. The summed E-state index contributed by atoms with van der Waals surface area (Å²) in [5.74, 6) is 2.43. The number of halogens is 1. The van der Waals surface area contributed by atoms with Crippen molar-refractivity contribution in [2.45, 2.75) is 20.8 Å². The molecule has 1 aromatic heterocycles. The van der Waals surface area contributed by atoms with E-state index < -0.39 is 0 Å². The maximum atomic E-state index is 4.47. The molecule has 0 fully saturated rings. The van der Waals surface area contributed by atoms with Crippen molar-refractivity contribution in [3.8, 4) is 0 Å². The van der Waals surface area contributed by atoms with Crippen molar-refractivity contribution in [1.29, 1.82) is 0 Å². The third-order valence-corrected chi connectivity index (χ3v) is 3.43. The molecular weight excluding hydrogens is 304 g/mol. The Morgan fingerprint density at radius 1 is 1.05 bits per heavy atom. The van der Waals surface area contributed by atoms with Gasteiger partial charge in [0.25, 0.3) is 0 Å². The van der Waals surface area contributed by atoms with Crippen molar-refractivity contribution in [3.05, 3.63) is 39.6 Å². The molecule has 0 aliphatic carbocycles. The third kappa shape index (κ3) is 3.04. The summed E-state index contributed by atoms with van der Waals surface area (Å²) in [6, 6.07) is 6.12. The van der Waals surface area contributed by atoms with Crippen molar-refractivity contribution in [1.82, 2.24) is 9.97 Å². The minimum atomic E-state index is 0.743. The number of hydrogen-bond donors (Lipinski definition) is 2. The first-order valence-electron chi connectivity index (χ1n) is 6.07. The summed E-state index contributed by atoms with van der Waals surface area (Å²) in [6.45, 7) is 5.96. The molecule has 0 bridgehead atoms. The van der Waals surface area contributed by atoms with Crippen LogP contribution in [0.25, 0.3) is 0 Å². The van der Waals surface area contributed by atoms with E-state index in [1.807, 2.05) is 33.0 Å². The predicted molar refractivity (Wildman–Crippen MR) is 83.2 cm³/mol.